The topological polar surface area (TPSA) is 65.0 Å². The van der Waals surface area contributed by atoms with Gasteiger partial charge in [0.1, 0.15) is 23.9 Å². The molecule has 1 heterocycles. The zero-order chi connectivity index (χ0) is 28.1. The van der Waals surface area contributed by atoms with Crippen LogP contribution in [0.1, 0.15) is 68.7 Å². The Hall–Kier alpha value is -3.44. The molecule has 3 aromatic carbocycles. The maximum atomic E-state index is 10.4. The van der Waals surface area contributed by atoms with Crippen LogP contribution in [-0.4, -0.2) is 47.4 Å². The van der Waals surface area contributed by atoms with Crippen molar-refractivity contribution in [3.05, 3.63) is 82.9 Å². The molecule has 0 spiro atoms. The molecule has 1 fully saturated rings. The minimum atomic E-state index is -0.125. The maximum absolute atomic E-state index is 10.4. The van der Waals surface area contributed by atoms with E-state index in [0.717, 1.165) is 54.1 Å². The highest BCUT2D eigenvalue weighted by Crippen LogP contribution is 2.46. The van der Waals surface area contributed by atoms with Crippen LogP contribution in [0.4, 0.5) is 5.69 Å². The molecule has 5 heteroatoms. The molecule has 0 amide bonds. The van der Waals surface area contributed by atoms with Crippen molar-refractivity contribution in [1.82, 2.24) is 4.90 Å². The number of hydrogen-bond acceptors (Lipinski definition) is 5. The van der Waals surface area contributed by atoms with E-state index in [9.17, 15) is 10.2 Å². The first-order valence-electron chi connectivity index (χ1n) is 14.8. The van der Waals surface area contributed by atoms with E-state index in [-0.39, 0.29) is 17.2 Å². The van der Waals surface area contributed by atoms with Gasteiger partial charge in [0.25, 0.3) is 0 Å². The summed E-state index contributed by atoms with van der Waals surface area (Å²) in [6, 6.07) is 19.8. The number of benzene rings is 3. The standard InChI is InChI=1S/C35H44N2O3/c1-25(20-26-8-13-31(14-9-26)40-19-18-37-16-6-4-5-7-17-37)36-34-23-30(39)12-15-32(34)33-22-27-10-11-29(38)21-28(27)24-35(33,2)3/h8-15,21-23,25,36,38-39H,4-7,16-20,24H2,1-3H3. The van der Waals surface area contributed by atoms with Crippen molar-refractivity contribution >= 4 is 17.3 Å². The first-order chi connectivity index (χ1) is 19.3. The number of rotatable bonds is 9. The number of nitrogens with one attached hydrogen (secondary N) is 1. The summed E-state index contributed by atoms with van der Waals surface area (Å²) in [7, 11) is 0. The predicted octanol–water partition coefficient (Wildman–Crippen LogP) is 7.52. The van der Waals surface area contributed by atoms with E-state index in [2.05, 4.69) is 61.3 Å². The van der Waals surface area contributed by atoms with Crippen molar-refractivity contribution in [2.24, 2.45) is 5.41 Å². The van der Waals surface area contributed by atoms with E-state index in [1.54, 1.807) is 12.1 Å². The molecule has 1 saturated heterocycles. The first-order valence-corrected chi connectivity index (χ1v) is 14.8. The highest BCUT2D eigenvalue weighted by molar-refractivity contribution is 5.92. The normalized spacial score (nSPS) is 17.8. The maximum Gasteiger partial charge on any atom is 0.119 e. The lowest BCUT2D eigenvalue weighted by Gasteiger charge is -2.35. The Morgan fingerprint density at radius 2 is 1.60 bits per heavy atom. The van der Waals surface area contributed by atoms with Gasteiger partial charge in [0.2, 0.25) is 0 Å². The third-order valence-electron chi connectivity index (χ3n) is 8.32. The first kappa shape index (κ1) is 28.1. The molecule has 0 radical (unpaired) electrons. The molecule has 0 bridgehead atoms. The van der Waals surface area contributed by atoms with Crippen LogP contribution in [0.3, 0.4) is 0 Å². The highest BCUT2D eigenvalue weighted by Gasteiger charge is 2.31. The van der Waals surface area contributed by atoms with Gasteiger partial charge in [0.15, 0.2) is 0 Å². The van der Waals surface area contributed by atoms with Gasteiger partial charge in [-0.25, -0.2) is 0 Å². The molecule has 212 valence electrons. The lowest BCUT2D eigenvalue weighted by atomic mass is 9.70. The molecule has 5 rings (SSSR count). The van der Waals surface area contributed by atoms with E-state index in [1.165, 1.54) is 49.9 Å². The molecule has 0 saturated carbocycles. The van der Waals surface area contributed by atoms with Crippen molar-refractivity contribution in [2.75, 3.05) is 31.6 Å². The summed E-state index contributed by atoms with van der Waals surface area (Å²) >= 11 is 0. The Kier molecular flexibility index (Phi) is 8.70. The van der Waals surface area contributed by atoms with Crippen LogP contribution in [0, 0.1) is 5.41 Å². The van der Waals surface area contributed by atoms with Gasteiger partial charge >= 0.3 is 0 Å². The summed E-state index contributed by atoms with van der Waals surface area (Å²) in [5.74, 6) is 1.48. The van der Waals surface area contributed by atoms with Gasteiger partial charge in [0.05, 0.1) is 0 Å². The molecule has 1 aliphatic heterocycles. The zero-order valence-corrected chi connectivity index (χ0v) is 24.2. The minimum Gasteiger partial charge on any atom is -0.508 e. The minimum absolute atomic E-state index is 0.125. The van der Waals surface area contributed by atoms with Crippen LogP contribution in [0.15, 0.2) is 60.7 Å². The number of phenolic OH excluding ortho intramolecular Hbond substituents is 2. The van der Waals surface area contributed by atoms with Gasteiger partial charge in [-0.2, -0.15) is 0 Å². The summed E-state index contributed by atoms with van der Waals surface area (Å²) in [6.07, 6.45) is 9.24. The smallest absolute Gasteiger partial charge is 0.119 e. The monoisotopic (exact) mass is 540 g/mol. The van der Waals surface area contributed by atoms with Gasteiger partial charge in [-0.05, 0) is 110 Å². The molecule has 3 aromatic rings. The molecule has 1 unspecified atom stereocenters. The average molecular weight is 541 g/mol. The number of likely N-dealkylation sites (tertiary alicyclic amines) is 1. The molecule has 1 atom stereocenters. The van der Waals surface area contributed by atoms with Crippen LogP contribution >= 0.6 is 0 Å². The van der Waals surface area contributed by atoms with Gasteiger partial charge in [0, 0.05) is 29.9 Å². The Labute approximate surface area is 239 Å². The van der Waals surface area contributed by atoms with Crippen molar-refractivity contribution in [1.29, 1.82) is 0 Å². The molecule has 1 aliphatic carbocycles. The number of ether oxygens (including phenoxy) is 1. The van der Waals surface area contributed by atoms with Crippen LogP contribution in [-0.2, 0) is 12.8 Å². The van der Waals surface area contributed by atoms with Crippen molar-refractivity contribution in [3.63, 3.8) is 0 Å². The number of anilines is 1. The third-order valence-corrected chi connectivity index (χ3v) is 8.32. The molecule has 2 aliphatic rings. The van der Waals surface area contributed by atoms with Crippen molar-refractivity contribution in [3.8, 4) is 17.2 Å². The second kappa shape index (κ2) is 12.4. The van der Waals surface area contributed by atoms with Crippen LogP contribution in [0.5, 0.6) is 17.2 Å². The third kappa shape index (κ3) is 7.00. The Morgan fingerprint density at radius 1 is 0.900 bits per heavy atom. The van der Waals surface area contributed by atoms with E-state index in [1.807, 2.05) is 24.3 Å². The second-order valence-corrected chi connectivity index (χ2v) is 12.2. The highest BCUT2D eigenvalue weighted by atomic mass is 16.5. The lowest BCUT2D eigenvalue weighted by Crippen LogP contribution is -2.29. The summed E-state index contributed by atoms with van der Waals surface area (Å²) in [4.78, 5) is 2.53. The average Bonchev–Trinajstić information content (AvgIpc) is 3.18. The number of aromatic hydroxyl groups is 2. The molecule has 40 heavy (non-hydrogen) atoms. The van der Waals surface area contributed by atoms with Crippen LogP contribution in [0.2, 0.25) is 0 Å². The molecule has 5 nitrogen and oxygen atoms in total. The van der Waals surface area contributed by atoms with Crippen molar-refractivity contribution in [2.45, 2.75) is 65.3 Å². The number of nitrogens with zero attached hydrogens (tertiary/aromatic N) is 1. The Bertz CT molecular complexity index is 1320. The van der Waals surface area contributed by atoms with Crippen molar-refractivity contribution < 1.29 is 14.9 Å². The molecular formula is C35H44N2O3. The predicted molar refractivity (Wildman–Crippen MR) is 165 cm³/mol. The van der Waals surface area contributed by atoms with E-state index >= 15 is 0 Å². The SMILES string of the molecule is CC(Cc1ccc(OCCN2CCCCCC2)cc1)Nc1cc(O)ccc1C1=Cc2ccc(O)cc2CC1(C)C. The summed E-state index contributed by atoms with van der Waals surface area (Å²) in [5.41, 5.74) is 6.66. The van der Waals surface area contributed by atoms with Gasteiger partial charge < -0.3 is 20.3 Å². The quantitative estimate of drug-likeness (QED) is 0.262. The van der Waals surface area contributed by atoms with Crippen LogP contribution < -0.4 is 10.1 Å². The largest absolute Gasteiger partial charge is 0.508 e. The number of fused-ring (bicyclic) bond motifs is 1. The molecule has 0 aromatic heterocycles. The van der Waals surface area contributed by atoms with Crippen LogP contribution in [0.25, 0.3) is 11.6 Å². The second-order valence-electron chi connectivity index (χ2n) is 12.2. The summed E-state index contributed by atoms with van der Waals surface area (Å²) in [6.45, 7) is 10.8. The lowest BCUT2D eigenvalue weighted by molar-refractivity contribution is 0.214. The molecule has 3 N–H and O–H groups in total. The Morgan fingerprint density at radius 3 is 2.35 bits per heavy atom. The fourth-order valence-electron chi connectivity index (χ4n) is 6.18. The fraction of sp³-hybridized carbons (Fsp3) is 0.429. The van der Waals surface area contributed by atoms with Gasteiger partial charge in [-0.3, -0.25) is 4.90 Å². The van der Waals surface area contributed by atoms with Gasteiger partial charge in [-0.1, -0.05) is 51.0 Å². The fourth-order valence-corrected chi connectivity index (χ4v) is 6.18. The van der Waals surface area contributed by atoms with E-state index in [4.69, 9.17) is 4.74 Å². The summed E-state index contributed by atoms with van der Waals surface area (Å²) < 4.78 is 6.05. The molecular weight excluding hydrogens is 496 g/mol. The van der Waals surface area contributed by atoms with E-state index < -0.39 is 0 Å². The number of phenols is 2. The number of hydrogen-bond donors (Lipinski definition) is 3. The number of allylic oxidation sites excluding steroid dienone is 1. The Balaban J connectivity index is 1.24. The summed E-state index contributed by atoms with van der Waals surface area (Å²) in [5, 5.41) is 24.0. The van der Waals surface area contributed by atoms with E-state index in [0.29, 0.717) is 5.75 Å². The zero-order valence-electron chi connectivity index (χ0n) is 24.2. The van der Waals surface area contributed by atoms with Gasteiger partial charge in [-0.15, -0.1) is 0 Å².